The predicted octanol–water partition coefficient (Wildman–Crippen LogP) is 3.90. The molecule has 1 unspecified atom stereocenters. The summed E-state index contributed by atoms with van der Waals surface area (Å²) in [6.07, 6.45) is 1.29. The van der Waals surface area contributed by atoms with Crippen LogP contribution in [0.3, 0.4) is 0 Å². The number of carbonyl (C=O) groups excluding carboxylic acids is 1. The summed E-state index contributed by atoms with van der Waals surface area (Å²) in [5.41, 5.74) is 5.04. The molecule has 1 amide bonds. The minimum absolute atomic E-state index is 0.106. The van der Waals surface area contributed by atoms with Crippen molar-refractivity contribution in [3.05, 3.63) is 64.7 Å². The number of fused-ring (bicyclic) bond motifs is 1. The Labute approximate surface area is 184 Å². The number of aryl methyl sites for hydroxylation is 2. The summed E-state index contributed by atoms with van der Waals surface area (Å²) >= 11 is 0. The maximum Gasteiger partial charge on any atom is 0.333 e. The van der Waals surface area contributed by atoms with Crippen molar-refractivity contribution in [3.8, 4) is 0 Å². The quantitative estimate of drug-likeness (QED) is 0.626. The number of amides is 1. The predicted molar refractivity (Wildman–Crippen MR) is 122 cm³/mol. The van der Waals surface area contributed by atoms with Gasteiger partial charge in [-0.3, -0.25) is 4.79 Å². The topological polar surface area (TPSA) is 70.1 Å². The number of hydrogen-bond donors (Lipinski definition) is 1. The number of hydrogen-bond acceptors (Lipinski definition) is 4. The summed E-state index contributed by atoms with van der Waals surface area (Å²) in [5, 5.41) is 9.23. The van der Waals surface area contributed by atoms with Gasteiger partial charge in [-0.1, -0.05) is 35.9 Å². The minimum Gasteiger partial charge on any atom is -0.479 e. The molecule has 1 atom stereocenters. The lowest BCUT2D eigenvalue weighted by molar-refractivity contribution is -0.149. The summed E-state index contributed by atoms with van der Waals surface area (Å²) in [4.78, 5) is 28.4. The van der Waals surface area contributed by atoms with Gasteiger partial charge in [0.15, 0.2) is 6.10 Å². The monoisotopic (exact) mass is 424 g/mol. The highest BCUT2D eigenvalue weighted by Crippen LogP contribution is 2.28. The van der Waals surface area contributed by atoms with Crippen molar-refractivity contribution in [1.82, 2.24) is 4.90 Å². The molecule has 2 aromatic rings. The molecule has 6 heteroatoms. The fourth-order valence-corrected chi connectivity index (χ4v) is 4.01. The van der Waals surface area contributed by atoms with E-state index in [9.17, 15) is 14.7 Å². The van der Waals surface area contributed by atoms with Crippen LogP contribution in [0, 0.1) is 6.92 Å². The Bertz CT molecular complexity index is 910. The van der Waals surface area contributed by atoms with E-state index in [1.54, 1.807) is 6.92 Å². The number of aliphatic carboxylic acids is 1. The second kappa shape index (κ2) is 10.4. The molecule has 0 aromatic heterocycles. The Balaban J connectivity index is 1.56. The van der Waals surface area contributed by atoms with Crippen molar-refractivity contribution in [3.63, 3.8) is 0 Å². The van der Waals surface area contributed by atoms with Crippen LogP contribution in [0.15, 0.2) is 42.5 Å². The highest BCUT2D eigenvalue weighted by atomic mass is 16.5. The van der Waals surface area contributed by atoms with Gasteiger partial charge in [-0.25, -0.2) is 4.79 Å². The van der Waals surface area contributed by atoms with Crippen molar-refractivity contribution in [2.75, 3.05) is 31.3 Å². The average molecular weight is 425 g/mol. The fourth-order valence-electron chi connectivity index (χ4n) is 4.01. The Kier molecular flexibility index (Phi) is 7.69. The van der Waals surface area contributed by atoms with E-state index >= 15 is 0 Å². The van der Waals surface area contributed by atoms with Gasteiger partial charge in [0.05, 0.1) is 17.9 Å². The maximum absolute atomic E-state index is 13.0. The lowest BCUT2D eigenvalue weighted by Gasteiger charge is -2.37. The lowest BCUT2D eigenvalue weighted by Crippen LogP contribution is -2.47. The van der Waals surface area contributed by atoms with E-state index in [4.69, 9.17) is 4.74 Å². The lowest BCUT2D eigenvalue weighted by atomic mass is 10.0. The molecule has 0 aliphatic carbocycles. The molecular weight excluding hydrogens is 392 g/mol. The molecule has 1 aliphatic heterocycles. The number of carboxylic acid groups (broad SMARTS) is 1. The van der Waals surface area contributed by atoms with Crippen molar-refractivity contribution >= 4 is 17.6 Å². The number of anilines is 1. The largest absolute Gasteiger partial charge is 0.479 e. The molecule has 1 heterocycles. The van der Waals surface area contributed by atoms with Gasteiger partial charge in [0.1, 0.15) is 0 Å². The van der Waals surface area contributed by atoms with Gasteiger partial charge in [0, 0.05) is 26.1 Å². The fraction of sp³-hybridized carbons (Fsp3) is 0.440. The first-order valence-corrected chi connectivity index (χ1v) is 11.0. The number of nitrogens with zero attached hydrogens (tertiary/aromatic N) is 2. The molecule has 0 saturated heterocycles. The van der Waals surface area contributed by atoms with Crippen molar-refractivity contribution in [2.24, 2.45) is 0 Å². The molecule has 166 valence electrons. The van der Waals surface area contributed by atoms with Crippen LogP contribution in [-0.4, -0.2) is 54.4 Å². The van der Waals surface area contributed by atoms with E-state index in [1.165, 1.54) is 5.56 Å². The van der Waals surface area contributed by atoms with Crippen LogP contribution in [0.2, 0.25) is 0 Å². The van der Waals surface area contributed by atoms with Crippen molar-refractivity contribution in [1.29, 1.82) is 0 Å². The highest BCUT2D eigenvalue weighted by molar-refractivity contribution is 6.01. The van der Waals surface area contributed by atoms with Gasteiger partial charge >= 0.3 is 5.97 Å². The Morgan fingerprint density at radius 1 is 1.10 bits per heavy atom. The molecule has 6 nitrogen and oxygen atoms in total. The Morgan fingerprint density at radius 2 is 1.81 bits per heavy atom. The second-order valence-electron chi connectivity index (χ2n) is 7.99. The third kappa shape index (κ3) is 5.64. The normalized spacial score (nSPS) is 14.5. The first-order chi connectivity index (χ1) is 14.9. The number of ether oxygens (including phenoxy) is 1. The van der Waals surface area contributed by atoms with Crippen LogP contribution >= 0.6 is 0 Å². The molecule has 0 saturated carbocycles. The van der Waals surface area contributed by atoms with Gasteiger partial charge in [0.25, 0.3) is 5.91 Å². The van der Waals surface area contributed by atoms with Gasteiger partial charge in [-0.15, -0.1) is 0 Å². The third-order valence-electron chi connectivity index (χ3n) is 5.71. The molecule has 0 radical (unpaired) electrons. The minimum atomic E-state index is -0.935. The standard InChI is InChI=1S/C25H32N2O4/c1-4-26-17-27(24(28)21-15-18(3)8-13-22(21)26)14-6-7-19-9-11-20(12-10-19)16-23(25(29)30)31-5-2/h8-13,15,23H,4-7,14,16-17H2,1-3H3,(H,29,30). The van der Waals surface area contributed by atoms with E-state index in [1.807, 2.05) is 48.2 Å². The summed E-state index contributed by atoms with van der Waals surface area (Å²) in [6.45, 7) is 8.49. The molecule has 0 spiro atoms. The molecule has 31 heavy (non-hydrogen) atoms. The van der Waals surface area contributed by atoms with E-state index in [0.717, 1.165) is 41.8 Å². The first-order valence-electron chi connectivity index (χ1n) is 11.0. The zero-order chi connectivity index (χ0) is 22.4. The molecule has 2 aromatic carbocycles. The number of carbonyl (C=O) groups is 2. The zero-order valence-corrected chi connectivity index (χ0v) is 18.6. The van der Waals surface area contributed by atoms with Gasteiger partial charge in [-0.05, 0) is 56.9 Å². The zero-order valence-electron chi connectivity index (χ0n) is 18.6. The summed E-state index contributed by atoms with van der Waals surface area (Å²) in [7, 11) is 0. The molecule has 1 aliphatic rings. The van der Waals surface area contributed by atoms with E-state index in [0.29, 0.717) is 26.2 Å². The molecule has 0 fully saturated rings. The SMILES string of the molecule is CCOC(Cc1ccc(CCCN2CN(CC)c3ccc(C)cc3C2=O)cc1)C(=O)O. The number of rotatable bonds is 10. The van der Waals surface area contributed by atoms with Crippen LogP contribution in [0.4, 0.5) is 5.69 Å². The molecular formula is C25H32N2O4. The van der Waals surface area contributed by atoms with Gasteiger partial charge in [0.2, 0.25) is 0 Å². The molecule has 3 rings (SSSR count). The van der Waals surface area contributed by atoms with Crippen LogP contribution in [0.1, 0.15) is 47.3 Å². The maximum atomic E-state index is 13.0. The number of benzene rings is 2. The van der Waals surface area contributed by atoms with Crippen molar-refractivity contribution in [2.45, 2.75) is 46.1 Å². The van der Waals surface area contributed by atoms with Crippen LogP contribution in [-0.2, 0) is 22.4 Å². The average Bonchev–Trinajstić information content (AvgIpc) is 2.76. The van der Waals surface area contributed by atoms with Crippen molar-refractivity contribution < 1.29 is 19.4 Å². The van der Waals surface area contributed by atoms with E-state index in [2.05, 4.69) is 17.9 Å². The van der Waals surface area contributed by atoms with Gasteiger partial charge in [-0.2, -0.15) is 0 Å². The van der Waals surface area contributed by atoms with E-state index < -0.39 is 12.1 Å². The van der Waals surface area contributed by atoms with Gasteiger partial charge < -0.3 is 19.6 Å². The Morgan fingerprint density at radius 3 is 2.45 bits per heavy atom. The molecule has 0 bridgehead atoms. The summed E-state index contributed by atoms with van der Waals surface area (Å²) in [5.74, 6) is -0.829. The van der Waals surface area contributed by atoms with E-state index in [-0.39, 0.29) is 5.91 Å². The number of carboxylic acids is 1. The third-order valence-corrected chi connectivity index (χ3v) is 5.71. The summed E-state index contributed by atoms with van der Waals surface area (Å²) in [6, 6.07) is 14.1. The highest BCUT2D eigenvalue weighted by Gasteiger charge is 2.28. The van der Waals surface area contributed by atoms with Crippen LogP contribution in [0.5, 0.6) is 0 Å². The Hall–Kier alpha value is -2.86. The second-order valence-corrected chi connectivity index (χ2v) is 7.99. The summed E-state index contributed by atoms with van der Waals surface area (Å²) < 4.78 is 5.29. The first kappa shape index (κ1) is 22.8. The smallest absolute Gasteiger partial charge is 0.333 e. The van der Waals surface area contributed by atoms with Crippen LogP contribution < -0.4 is 4.90 Å². The van der Waals surface area contributed by atoms with Crippen LogP contribution in [0.25, 0.3) is 0 Å². The molecule has 1 N–H and O–H groups in total.